The lowest BCUT2D eigenvalue weighted by atomic mass is 9.83. The minimum atomic E-state index is 0.0358. The number of hydrogen-bond acceptors (Lipinski definition) is 5. The van der Waals surface area contributed by atoms with Crippen LogP contribution in [-0.4, -0.2) is 61.0 Å². The van der Waals surface area contributed by atoms with Gasteiger partial charge >= 0.3 is 0 Å². The van der Waals surface area contributed by atoms with Gasteiger partial charge in [0.05, 0.1) is 24.0 Å². The highest BCUT2D eigenvalue weighted by Gasteiger charge is 2.48. The summed E-state index contributed by atoms with van der Waals surface area (Å²) < 4.78 is 17.8. The van der Waals surface area contributed by atoms with Crippen molar-refractivity contribution in [1.82, 2.24) is 9.88 Å². The molecule has 3 aliphatic heterocycles. The largest absolute Gasteiger partial charge is 0.381 e. The summed E-state index contributed by atoms with van der Waals surface area (Å²) in [6.45, 7) is 8.64. The number of rotatable bonds is 5. The number of hydrogen-bond donors (Lipinski definition) is 0. The van der Waals surface area contributed by atoms with E-state index in [2.05, 4.69) is 9.88 Å². The Kier molecular flexibility index (Phi) is 5.36. The first-order valence-corrected chi connectivity index (χ1v) is 9.69. The summed E-state index contributed by atoms with van der Waals surface area (Å²) in [5, 5.41) is 0. The van der Waals surface area contributed by atoms with Crippen molar-refractivity contribution < 1.29 is 14.2 Å². The van der Waals surface area contributed by atoms with E-state index in [1.165, 1.54) is 19.4 Å². The number of ether oxygens (including phenoxy) is 3. The van der Waals surface area contributed by atoms with Crippen LogP contribution in [-0.2, 0) is 20.8 Å². The molecule has 1 aromatic rings. The first-order chi connectivity index (χ1) is 12.2. The van der Waals surface area contributed by atoms with Crippen LogP contribution >= 0.6 is 0 Å². The van der Waals surface area contributed by atoms with E-state index >= 15 is 0 Å². The Morgan fingerprint density at radius 1 is 1.20 bits per heavy atom. The molecule has 0 aliphatic carbocycles. The van der Waals surface area contributed by atoms with Crippen LogP contribution < -0.4 is 0 Å². The van der Waals surface area contributed by atoms with E-state index in [0.717, 1.165) is 63.1 Å². The standard InChI is InChI=1S/C20H30N2O3/c1-16-3-2-4-18(21-16)13-24-19-7-10-25-20(11-19)14-22(15-20)12-17-5-8-23-9-6-17/h2-4,17,19H,5-15H2,1H3. The normalized spacial score (nSPS) is 27.3. The Morgan fingerprint density at radius 2 is 2.04 bits per heavy atom. The second-order valence-corrected chi connectivity index (χ2v) is 7.95. The number of nitrogens with zero attached hydrogens (tertiary/aromatic N) is 2. The van der Waals surface area contributed by atoms with E-state index in [9.17, 15) is 0 Å². The van der Waals surface area contributed by atoms with Gasteiger partial charge in [0.25, 0.3) is 0 Å². The molecule has 25 heavy (non-hydrogen) atoms. The van der Waals surface area contributed by atoms with Crippen molar-refractivity contribution in [3.63, 3.8) is 0 Å². The highest BCUT2D eigenvalue weighted by molar-refractivity contribution is 5.09. The molecule has 3 aliphatic rings. The molecular weight excluding hydrogens is 316 g/mol. The van der Waals surface area contributed by atoms with Crippen molar-refractivity contribution in [2.45, 2.75) is 50.9 Å². The van der Waals surface area contributed by atoms with Gasteiger partial charge in [-0.1, -0.05) is 6.07 Å². The average molecular weight is 346 g/mol. The molecule has 5 heteroatoms. The minimum absolute atomic E-state index is 0.0358. The third kappa shape index (κ3) is 4.40. The van der Waals surface area contributed by atoms with Gasteiger partial charge in [-0.2, -0.15) is 0 Å². The molecule has 1 aromatic heterocycles. The van der Waals surface area contributed by atoms with Gasteiger partial charge in [0, 0.05) is 51.6 Å². The molecule has 3 saturated heterocycles. The van der Waals surface area contributed by atoms with Crippen LogP contribution in [0.2, 0.25) is 0 Å². The zero-order valence-corrected chi connectivity index (χ0v) is 15.3. The lowest BCUT2D eigenvalue weighted by Crippen LogP contribution is -2.66. The van der Waals surface area contributed by atoms with E-state index < -0.39 is 0 Å². The number of likely N-dealkylation sites (tertiary alicyclic amines) is 1. The third-order valence-corrected chi connectivity index (χ3v) is 5.74. The molecule has 1 unspecified atom stereocenters. The Labute approximate surface area is 150 Å². The molecule has 1 spiro atoms. The SMILES string of the molecule is Cc1cccc(COC2CCOC3(C2)CN(CC2CCOCC2)C3)n1. The lowest BCUT2D eigenvalue weighted by Gasteiger charge is -2.54. The van der Waals surface area contributed by atoms with Crippen molar-refractivity contribution in [1.29, 1.82) is 0 Å². The van der Waals surface area contributed by atoms with Crippen molar-refractivity contribution >= 4 is 0 Å². The molecule has 4 rings (SSSR count). The summed E-state index contributed by atoms with van der Waals surface area (Å²) in [4.78, 5) is 7.09. The van der Waals surface area contributed by atoms with E-state index in [1.54, 1.807) is 0 Å². The van der Waals surface area contributed by atoms with Crippen LogP contribution in [0.4, 0.5) is 0 Å². The molecule has 1 atom stereocenters. The molecule has 4 heterocycles. The summed E-state index contributed by atoms with van der Waals surface area (Å²) in [6.07, 6.45) is 4.72. The average Bonchev–Trinajstić information content (AvgIpc) is 2.60. The Morgan fingerprint density at radius 3 is 2.84 bits per heavy atom. The molecule has 0 radical (unpaired) electrons. The van der Waals surface area contributed by atoms with Crippen LogP contribution in [0.1, 0.15) is 37.1 Å². The van der Waals surface area contributed by atoms with Crippen LogP contribution in [0.3, 0.4) is 0 Å². The Hall–Kier alpha value is -1.01. The van der Waals surface area contributed by atoms with Crippen molar-refractivity contribution in [2.75, 3.05) is 39.5 Å². The molecular formula is C20H30N2O3. The molecule has 0 saturated carbocycles. The van der Waals surface area contributed by atoms with Gasteiger partial charge < -0.3 is 14.2 Å². The number of aromatic nitrogens is 1. The van der Waals surface area contributed by atoms with E-state index in [-0.39, 0.29) is 5.60 Å². The van der Waals surface area contributed by atoms with Crippen molar-refractivity contribution in [2.24, 2.45) is 5.92 Å². The van der Waals surface area contributed by atoms with Crippen LogP contribution in [0.5, 0.6) is 0 Å². The van der Waals surface area contributed by atoms with E-state index in [0.29, 0.717) is 12.7 Å². The van der Waals surface area contributed by atoms with Gasteiger partial charge in [0.15, 0.2) is 0 Å². The maximum Gasteiger partial charge on any atom is 0.0959 e. The number of pyridine rings is 1. The second kappa shape index (κ2) is 7.70. The van der Waals surface area contributed by atoms with Gasteiger partial charge in [-0.3, -0.25) is 9.88 Å². The van der Waals surface area contributed by atoms with Crippen molar-refractivity contribution in [3.8, 4) is 0 Å². The van der Waals surface area contributed by atoms with Gasteiger partial charge in [0.1, 0.15) is 0 Å². The quantitative estimate of drug-likeness (QED) is 0.820. The fourth-order valence-corrected chi connectivity index (χ4v) is 4.42. The third-order valence-electron chi connectivity index (χ3n) is 5.74. The van der Waals surface area contributed by atoms with Crippen LogP contribution in [0.25, 0.3) is 0 Å². The summed E-state index contributed by atoms with van der Waals surface area (Å²) >= 11 is 0. The summed E-state index contributed by atoms with van der Waals surface area (Å²) in [5.74, 6) is 0.800. The predicted octanol–water partition coefficient (Wildman–Crippen LogP) is 2.57. The first-order valence-electron chi connectivity index (χ1n) is 9.69. The molecule has 0 amide bonds. The molecule has 0 bridgehead atoms. The van der Waals surface area contributed by atoms with E-state index in [1.807, 2.05) is 25.1 Å². The van der Waals surface area contributed by atoms with Crippen LogP contribution in [0, 0.1) is 12.8 Å². The lowest BCUT2D eigenvalue weighted by molar-refractivity contribution is -0.201. The fraction of sp³-hybridized carbons (Fsp3) is 0.750. The van der Waals surface area contributed by atoms with Gasteiger partial charge in [0.2, 0.25) is 0 Å². The highest BCUT2D eigenvalue weighted by atomic mass is 16.5. The maximum absolute atomic E-state index is 6.16. The van der Waals surface area contributed by atoms with E-state index in [4.69, 9.17) is 14.2 Å². The maximum atomic E-state index is 6.16. The Bertz CT molecular complexity index is 568. The molecule has 0 N–H and O–H groups in total. The fourth-order valence-electron chi connectivity index (χ4n) is 4.42. The summed E-state index contributed by atoms with van der Waals surface area (Å²) in [6, 6.07) is 6.11. The first kappa shape index (κ1) is 17.4. The molecule has 138 valence electrons. The smallest absolute Gasteiger partial charge is 0.0959 e. The Balaban J connectivity index is 1.23. The van der Waals surface area contributed by atoms with Gasteiger partial charge in [-0.05, 0) is 44.2 Å². The second-order valence-electron chi connectivity index (χ2n) is 7.95. The monoisotopic (exact) mass is 346 g/mol. The predicted molar refractivity (Wildman–Crippen MR) is 95.5 cm³/mol. The van der Waals surface area contributed by atoms with Crippen LogP contribution in [0.15, 0.2) is 18.2 Å². The molecule has 0 aromatic carbocycles. The van der Waals surface area contributed by atoms with Crippen molar-refractivity contribution in [3.05, 3.63) is 29.6 Å². The summed E-state index contributed by atoms with van der Waals surface area (Å²) in [7, 11) is 0. The zero-order valence-electron chi connectivity index (χ0n) is 15.3. The summed E-state index contributed by atoms with van der Waals surface area (Å²) in [5.41, 5.74) is 2.11. The molecule has 5 nitrogen and oxygen atoms in total. The topological polar surface area (TPSA) is 43.8 Å². The molecule has 3 fully saturated rings. The van der Waals surface area contributed by atoms with Gasteiger partial charge in [-0.15, -0.1) is 0 Å². The minimum Gasteiger partial charge on any atom is -0.381 e. The number of aryl methyl sites for hydroxylation is 1. The zero-order chi connectivity index (χ0) is 17.1. The highest BCUT2D eigenvalue weighted by Crippen LogP contribution is 2.36. The van der Waals surface area contributed by atoms with Gasteiger partial charge in [-0.25, -0.2) is 0 Å².